The number of anilines is 1. The van der Waals surface area contributed by atoms with Crippen LogP contribution in [0.4, 0.5) is 10.1 Å². The number of methoxy groups -OCH3 is 1. The molecule has 1 fully saturated rings. The minimum atomic E-state index is -0.464. The van der Waals surface area contributed by atoms with Crippen molar-refractivity contribution in [1.82, 2.24) is 19.7 Å². The van der Waals surface area contributed by atoms with Gasteiger partial charge in [0, 0.05) is 31.7 Å². The van der Waals surface area contributed by atoms with E-state index in [2.05, 4.69) is 26.9 Å². The monoisotopic (exact) mass is 461 g/mol. The second-order valence-corrected chi connectivity index (χ2v) is 8.47. The third-order valence-corrected chi connectivity index (χ3v) is 6.00. The van der Waals surface area contributed by atoms with Crippen molar-refractivity contribution >= 4 is 34.0 Å². The number of halogens is 2. The lowest BCUT2D eigenvalue weighted by Crippen LogP contribution is -2.33. The molecule has 1 N–H and O–H groups in total. The SMILES string of the molecule is COCCn1ncc2c(N3C[C@@H](C)C[C@H]3CO)c(CC(=O)c3ccnc(Cl)n3)cc(F)c21. The molecule has 0 spiro atoms. The summed E-state index contributed by atoms with van der Waals surface area (Å²) in [6, 6.07) is 2.75. The number of aromatic nitrogens is 4. The first kappa shape index (κ1) is 22.6. The molecule has 10 heteroatoms. The molecular formula is C22H25ClFN5O3. The largest absolute Gasteiger partial charge is 0.394 e. The van der Waals surface area contributed by atoms with Gasteiger partial charge in [0.2, 0.25) is 5.28 Å². The summed E-state index contributed by atoms with van der Waals surface area (Å²) >= 11 is 5.84. The van der Waals surface area contributed by atoms with Crippen LogP contribution in [0.15, 0.2) is 24.5 Å². The molecule has 0 radical (unpaired) electrons. The molecule has 8 nitrogen and oxygen atoms in total. The normalized spacial score (nSPS) is 18.6. The van der Waals surface area contributed by atoms with Crippen molar-refractivity contribution in [3.63, 3.8) is 0 Å². The average Bonchev–Trinajstić information content (AvgIpc) is 3.36. The van der Waals surface area contributed by atoms with Gasteiger partial charge >= 0.3 is 0 Å². The van der Waals surface area contributed by atoms with Gasteiger partial charge < -0.3 is 14.7 Å². The lowest BCUT2D eigenvalue weighted by atomic mass is 10.00. The summed E-state index contributed by atoms with van der Waals surface area (Å²) in [5.41, 5.74) is 1.77. The second kappa shape index (κ2) is 9.48. The highest BCUT2D eigenvalue weighted by atomic mass is 35.5. The predicted octanol–water partition coefficient (Wildman–Crippen LogP) is 2.90. The van der Waals surface area contributed by atoms with Crippen LogP contribution in [0.2, 0.25) is 5.28 Å². The van der Waals surface area contributed by atoms with Crippen LogP contribution in [0.5, 0.6) is 0 Å². The highest BCUT2D eigenvalue weighted by Gasteiger charge is 2.33. The van der Waals surface area contributed by atoms with Gasteiger partial charge in [-0.05, 0) is 41.6 Å². The van der Waals surface area contributed by atoms with Crippen molar-refractivity contribution in [2.45, 2.75) is 32.4 Å². The first-order valence-corrected chi connectivity index (χ1v) is 10.9. The fourth-order valence-corrected chi connectivity index (χ4v) is 4.59. The van der Waals surface area contributed by atoms with Gasteiger partial charge in [0.15, 0.2) is 5.78 Å². The number of hydrogen-bond donors (Lipinski definition) is 1. The number of rotatable bonds is 8. The number of ether oxygens (including phenoxy) is 1. The first-order chi connectivity index (χ1) is 15.4. The molecule has 2 atom stereocenters. The Morgan fingerprint density at radius 3 is 2.97 bits per heavy atom. The summed E-state index contributed by atoms with van der Waals surface area (Å²) in [5, 5.41) is 14.9. The van der Waals surface area contributed by atoms with E-state index < -0.39 is 5.82 Å². The van der Waals surface area contributed by atoms with Crippen molar-refractivity contribution in [3.05, 3.63) is 46.9 Å². The Balaban J connectivity index is 1.83. The average molecular weight is 462 g/mol. The van der Waals surface area contributed by atoms with Crippen molar-refractivity contribution < 1.29 is 19.0 Å². The van der Waals surface area contributed by atoms with E-state index >= 15 is 4.39 Å². The van der Waals surface area contributed by atoms with E-state index in [9.17, 15) is 9.90 Å². The Morgan fingerprint density at radius 1 is 1.44 bits per heavy atom. The molecule has 1 aliphatic heterocycles. The number of carbonyl (C=O) groups excluding carboxylic acids is 1. The molecule has 4 rings (SSSR count). The van der Waals surface area contributed by atoms with Crippen molar-refractivity contribution in [1.29, 1.82) is 0 Å². The van der Waals surface area contributed by atoms with Gasteiger partial charge in [-0.15, -0.1) is 0 Å². The van der Waals surface area contributed by atoms with Crippen LogP contribution < -0.4 is 4.90 Å². The van der Waals surface area contributed by atoms with E-state index in [0.717, 1.165) is 12.1 Å². The van der Waals surface area contributed by atoms with E-state index in [1.165, 1.54) is 18.3 Å². The van der Waals surface area contributed by atoms with E-state index in [4.69, 9.17) is 16.3 Å². The summed E-state index contributed by atoms with van der Waals surface area (Å²) in [5.74, 6) is -0.414. The molecule has 3 heterocycles. The third kappa shape index (κ3) is 4.32. The highest BCUT2D eigenvalue weighted by Crippen LogP contribution is 2.39. The Kier molecular flexibility index (Phi) is 6.68. The molecule has 2 aromatic heterocycles. The summed E-state index contributed by atoms with van der Waals surface area (Å²) in [4.78, 5) is 22.8. The van der Waals surface area contributed by atoms with Gasteiger partial charge in [0.1, 0.15) is 17.0 Å². The van der Waals surface area contributed by atoms with Crippen LogP contribution in [0.1, 0.15) is 29.4 Å². The van der Waals surface area contributed by atoms with Crippen LogP contribution in [0, 0.1) is 11.7 Å². The molecule has 3 aromatic rings. The predicted molar refractivity (Wildman–Crippen MR) is 119 cm³/mol. The van der Waals surface area contributed by atoms with Gasteiger partial charge in [0.25, 0.3) is 0 Å². The number of Topliss-reactive ketones (excluding diaryl/α,β-unsaturated/α-hetero) is 1. The van der Waals surface area contributed by atoms with Crippen LogP contribution in [-0.4, -0.2) is 63.5 Å². The van der Waals surface area contributed by atoms with E-state index in [0.29, 0.717) is 42.1 Å². The smallest absolute Gasteiger partial charge is 0.222 e. The van der Waals surface area contributed by atoms with Crippen molar-refractivity contribution in [2.24, 2.45) is 5.92 Å². The number of fused-ring (bicyclic) bond motifs is 1. The van der Waals surface area contributed by atoms with Gasteiger partial charge in [-0.2, -0.15) is 5.10 Å². The lowest BCUT2D eigenvalue weighted by molar-refractivity contribution is 0.0988. The molecule has 0 aliphatic carbocycles. The van der Waals surface area contributed by atoms with E-state index in [-0.39, 0.29) is 35.8 Å². The van der Waals surface area contributed by atoms with Gasteiger partial charge in [-0.25, -0.2) is 14.4 Å². The standard InChI is InChI=1S/C22H25ClFN5O3/c1-13-7-15(12-30)28(11-13)20-14(9-19(31)18-3-4-25-22(23)27-18)8-17(24)21-16(20)10-26-29(21)5-6-32-2/h3-4,8,10,13,15,30H,5-7,9,11-12H2,1-2H3/t13-,15-/m0/s1. The van der Waals surface area contributed by atoms with E-state index in [1.807, 2.05) is 0 Å². The number of aliphatic hydroxyl groups excluding tert-OH is 1. The zero-order valence-electron chi connectivity index (χ0n) is 18.0. The fourth-order valence-electron chi connectivity index (χ4n) is 4.45. The maximum Gasteiger partial charge on any atom is 0.222 e. The first-order valence-electron chi connectivity index (χ1n) is 10.5. The van der Waals surface area contributed by atoms with Crippen LogP contribution in [-0.2, 0) is 17.7 Å². The zero-order valence-corrected chi connectivity index (χ0v) is 18.7. The quantitative estimate of drug-likeness (QED) is 0.407. The fraction of sp³-hybridized carbons (Fsp3) is 0.455. The van der Waals surface area contributed by atoms with E-state index in [1.54, 1.807) is 18.0 Å². The van der Waals surface area contributed by atoms with Gasteiger partial charge in [-0.3, -0.25) is 9.48 Å². The Hall–Kier alpha value is -2.62. The van der Waals surface area contributed by atoms with Crippen LogP contribution in [0.3, 0.4) is 0 Å². The minimum Gasteiger partial charge on any atom is -0.394 e. The Labute approximate surface area is 190 Å². The molecule has 0 unspecified atom stereocenters. The number of hydrogen-bond acceptors (Lipinski definition) is 7. The Morgan fingerprint density at radius 2 is 2.25 bits per heavy atom. The molecule has 32 heavy (non-hydrogen) atoms. The molecule has 0 bridgehead atoms. The Bertz CT molecular complexity index is 1140. The van der Waals surface area contributed by atoms with Gasteiger partial charge in [0.05, 0.1) is 37.7 Å². The molecule has 0 amide bonds. The summed E-state index contributed by atoms with van der Waals surface area (Å²) in [6.45, 7) is 3.55. The summed E-state index contributed by atoms with van der Waals surface area (Å²) in [7, 11) is 1.58. The molecule has 0 saturated carbocycles. The maximum atomic E-state index is 15.3. The highest BCUT2D eigenvalue weighted by molar-refractivity contribution is 6.28. The number of nitrogens with zero attached hydrogens (tertiary/aromatic N) is 5. The third-order valence-electron chi connectivity index (χ3n) is 5.82. The number of carbonyl (C=O) groups is 1. The number of ketones is 1. The molecule has 1 aromatic carbocycles. The van der Waals surface area contributed by atoms with Crippen molar-refractivity contribution in [3.8, 4) is 0 Å². The molecular weight excluding hydrogens is 437 g/mol. The molecule has 1 saturated heterocycles. The lowest BCUT2D eigenvalue weighted by Gasteiger charge is -2.28. The topological polar surface area (TPSA) is 93.4 Å². The molecule has 170 valence electrons. The summed E-state index contributed by atoms with van der Waals surface area (Å²) < 4.78 is 22.0. The zero-order chi connectivity index (χ0) is 22.8. The number of benzene rings is 1. The van der Waals surface area contributed by atoms with Crippen LogP contribution >= 0.6 is 11.6 Å². The summed E-state index contributed by atoms with van der Waals surface area (Å²) in [6.07, 6.45) is 3.78. The molecule has 1 aliphatic rings. The van der Waals surface area contributed by atoms with Gasteiger partial charge in [-0.1, -0.05) is 6.92 Å². The van der Waals surface area contributed by atoms with Crippen LogP contribution in [0.25, 0.3) is 10.9 Å². The van der Waals surface area contributed by atoms with Crippen molar-refractivity contribution in [2.75, 3.05) is 31.8 Å². The second-order valence-electron chi connectivity index (χ2n) is 8.13. The minimum absolute atomic E-state index is 0.0224. The maximum absolute atomic E-state index is 15.3. The number of aliphatic hydroxyl groups is 1.